The first kappa shape index (κ1) is 29.2. The minimum Gasteiger partial charge on any atom is -0.458 e. The number of Topliss-reactive ketones (excluding diaryl/α,β-unsaturated/α-hetero) is 1. The number of carbonyl (C=O) groups is 3. The SMILES string of the molecule is C=C1CC[C@H](OC(=O)c2ccccc2)[C@@]2(C)C(=O)[C@H](O)[C@H]3CC[C@@](O)([C@@H](O)[C@@H](OC(=O)c4ccccc4)[C@H]12)C3(C)C. The van der Waals surface area contributed by atoms with Gasteiger partial charge in [0.2, 0.25) is 0 Å². The van der Waals surface area contributed by atoms with Crippen molar-refractivity contribution in [2.75, 3.05) is 0 Å². The Morgan fingerprint density at radius 3 is 1.98 bits per heavy atom. The molecule has 0 aromatic heterocycles. The molecule has 3 aliphatic rings. The third-order valence-corrected chi connectivity index (χ3v) is 10.2. The third kappa shape index (κ3) is 4.53. The highest BCUT2D eigenvalue weighted by atomic mass is 16.6. The van der Waals surface area contributed by atoms with Gasteiger partial charge in [-0.2, -0.15) is 0 Å². The summed E-state index contributed by atoms with van der Waals surface area (Å²) in [5.41, 5.74) is -3.51. The summed E-state index contributed by atoms with van der Waals surface area (Å²) in [6, 6.07) is 16.6. The van der Waals surface area contributed by atoms with E-state index in [1.165, 1.54) is 0 Å². The molecule has 0 spiro atoms. The number of hydrogen-bond acceptors (Lipinski definition) is 8. The van der Waals surface area contributed by atoms with Crippen LogP contribution in [0.5, 0.6) is 0 Å². The van der Waals surface area contributed by atoms with Gasteiger partial charge in [-0.25, -0.2) is 9.59 Å². The van der Waals surface area contributed by atoms with Crippen LogP contribution < -0.4 is 0 Å². The van der Waals surface area contributed by atoms with Crippen molar-refractivity contribution in [3.63, 3.8) is 0 Å². The zero-order valence-corrected chi connectivity index (χ0v) is 23.7. The van der Waals surface area contributed by atoms with Crippen LogP contribution in [0, 0.1) is 22.7 Å². The number of hydrogen-bond donors (Lipinski definition) is 3. The van der Waals surface area contributed by atoms with Gasteiger partial charge in [0.1, 0.15) is 24.4 Å². The fraction of sp³-hybridized carbons (Fsp3) is 0.485. The second-order valence-electron chi connectivity index (χ2n) is 12.5. The van der Waals surface area contributed by atoms with E-state index in [9.17, 15) is 29.7 Å². The lowest BCUT2D eigenvalue weighted by Crippen LogP contribution is -2.62. The lowest BCUT2D eigenvalue weighted by molar-refractivity contribution is -0.191. The molecule has 0 radical (unpaired) electrons. The normalized spacial score (nSPS) is 36.3. The van der Waals surface area contributed by atoms with Crippen molar-refractivity contribution < 1.29 is 39.2 Å². The summed E-state index contributed by atoms with van der Waals surface area (Å²) in [6.07, 6.45) is -4.67. The summed E-state index contributed by atoms with van der Waals surface area (Å²) in [4.78, 5) is 41.1. The van der Waals surface area contributed by atoms with Gasteiger partial charge >= 0.3 is 11.9 Å². The van der Waals surface area contributed by atoms with Crippen LogP contribution in [0.4, 0.5) is 0 Å². The van der Waals surface area contributed by atoms with Gasteiger partial charge < -0.3 is 24.8 Å². The summed E-state index contributed by atoms with van der Waals surface area (Å²) >= 11 is 0. The Balaban J connectivity index is 1.65. The number of carbonyl (C=O) groups excluding carboxylic acids is 3. The second-order valence-corrected chi connectivity index (χ2v) is 12.5. The number of benzene rings is 2. The number of fused-ring (bicyclic) bond motifs is 3. The number of ether oxygens (including phenoxy) is 2. The maximum atomic E-state index is 14.5. The van der Waals surface area contributed by atoms with Gasteiger partial charge in [-0.05, 0) is 56.9 Å². The maximum absolute atomic E-state index is 14.5. The van der Waals surface area contributed by atoms with Gasteiger partial charge in [0, 0.05) is 17.3 Å². The largest absolute Gasteiger partial charge is 0.458 e. The summed E-state index contributed by atoms with van der Waals surface area (Å²) in [6.45, 7) is 9.21. The molecule has 0 unspecified atom stereocenters. The Morgan fingerprint density at radius 2 is 1.41 bits per heavy atom. The average molecular weight is 563 g/mol. The first-order valence-corrected chi connectivity index (χ1v) is 14.2. The van der Waals surface area contributed by atoms with Crippen LogP contribution in [0.15, 0.2) is 72.8 Å². The first-order valence-electron chi connectivity index (χ1n) is 14.2. The Hall–Kier alpha value is -3.33. The van der Waals surface area contributed by atoms with Crippen molar-refractivity contribution in [3.8, 4) is 0 Å². The number of rotatable bonds is 4. The molecule has 8 heteroatoms. The molecule has 8 atom stereocenters. The fourth-order valence-corrected chi connectivity index (χ4v) is 7.55. The minimum atomic E-state index is -1.79. The van der Waals surface area contributed by atoms with Crippen LogP contribution in [-0.2, 0) is 14.3 Å². The van der Waals surface area contributed by atoms with E-state index in [0.29, 0.717) is 17.6 Å². The van der Waals surface area contributed by atoms with Crippen molar-refractivity contribution in [2.24, 2.45) is 22.7 Å². The second kappa shape index (κ2) is 10.5. The van der Waals surface area contributed by atoms with E-state index in [-0.39, 0.29) is 24.8 Å². The Kier molecular flexibility index (Phi) is 7.47. The number of esters is 2. The van der Waals surface area contributed by atoms with Gasteiger partial charge in [-0.1, -0.05) is 62.4 Å². The van der Waals surface area contributed by atoms with Crippen molar-refractivity contribution in [2.45, 2.75) is 76.5 Å². The summed E-state index contributed by atoms with van der Waals surface area (Å²) in [7, 11) is 0. The van der Waals surface area contributed by atoms with Gasteiger partial charge in [-0.15, -0.1) is 0 Å². The van der Waals surface area contributed by atoms with E-state index < -0.39 is 70.4 Å². The highest BCUT2D eigenvalue weighted by Gasteiger charge is 2.69. The minimum absolute atomic E-state index is 0.0951. The highest BCUT2D eigenvalue weighted by molar-refractivity contribution is 5.93. The van der Waals surface area contributed by atoms with Crippen LogP contribution in [0.1, 0.15) is 67.2 Å². The molecule has 3 fully saturated rings. The molecule has 2 bridgehead atoms. The first-order chi connectivity index (χ1) is 19.3. The fourth-order valence-electron chi connectivity index (χ4n) is 7.55. The molecule has 0 aliphatic heterocycles. The predicted octanol–water partition coefficient (Wildman–Crippen LogP) is 3.88. The molecule has 0 heterocycles. The van der Waals surface area contributed by atoms with E-state index in [4.69, 9.17) is 9.47 Å². The van der Waals surface area contributed by atoms with E-state index >= 15 is 0 Å². The molecule has 41 heavy (non-hydrogen) atoms. The summed E-state index contributed by atoms with van der Waals surface area (Å²) < 4.78 is 12.0. The Morgan fingerprint density at radius 1 is 0.878 bits per heavy atom. The standard InChI is InChI=1S/C33H38O8/c1-19-15-16-23(40-29(37)20-11-7-5-8-12-20)32(4)24(19)26(41-30(38)21-13-9-6-10-14-21)28(36)33(39)18-17-22(31(33,2)3)25(34)27(32)35/h5-14,22-26,28,34,36,39H,1,15-18H2,2-4H3/t22-,23+,24+,25-,26+,28+,32-,33-/m1/s1. The quantitative estimate of drug-likeness (QED) is 0.378. The van der Waals surface area contributed by atoms with E-state index in [0.717, 1.165) is 0 Å². The third-order valence-electron chi connectivity index (χ3n) is 10.2. The molecule has 2 aromatic carbocycles. The lowest BCUT2D eigenvalue weighted by atomic mass is 9.57. The Bertz CT molecular complexity index is 1340. The molecule has 0 amide bonds. The van der Waals surface area contributed by atoms with Crippen LogP contribution in [0.2, 0.25) is 0 Å². The van der Waals surface area contributed by atoms with Crippen LogP contribution in [0.3, 0.4) is 0 Å². The molecule has 2 aromatic rings. The zero-order valence-electron chi connectivity index (χ0n) is 23.7. The monoisotopic (exact) mass is 562 g/mol. The molecule has 3 saturated carbocycles. The molecule has 8 nitrogen and oxygen atoms in total. The van der Waals surface area contributed by atoms with Crippen molar-refractivity contribution >= 4 is 17.7 Å². The number of aliphatic hydroxyl groups excluding tert-OH is 2. The molecule has 0 saturated heterocycles. The topological polar surface area (TPSA) is 130 Å². The van der Waals surface area contributed by atoms with Crippen LogP contribution >= 0.6 is 0 Å². The van der Waals surface area contributed by atoms with Crippen molar-refractivity contribution in [3.05, 3.63) is 83.9 Å². The molecular weight excluding hydrogens is 524 g/mol. The van der Waals surface area contributed by atoms with Crippen LogP contribution in [0.25, 0.3) is 0 Å². The molecule has 3 N–H and O–H groups in total. The summed E-state index contributed by atoms with van der Waals surface area (Å²) in [5.74, 6) is -3.72. The van der Waals surface area contributed by atoms with E-state index in [1.807, 2.05) is 0 Å². The Labute approximate surface area is 240 Å². The maximum Gasteiger partial charge on any atom is 0.338 e. The van der Waals surface area contributed by atoms with Gasteiger partial charge in [0.05, 0.1) is 22.1 Å². The van der Waals surface area contributed by atoms with Gasteiger partial charge in [-0.3, -0.25) is 4.79 Å². The van der Waals surface area contributed by atoms with Crippen molar-refractivity contribution in [1.29, 1.82) is 0 Å². The van der Waals surface area contributed by atoms with Crippen LogP contribution in [-0.4, -0.2) is 63.1 Å². The average Bonchev–Trinajstić information content (AvgIpc) is 3.22. The van der Waals surface area contributed by atoms with E-state index in [2.05, 4.69) is 6.58 Å². The molecule has 218 valence electrons. The van der Waals surface area contributed by atoms with Gasteiger partial charge in [0.25, 0.3) is 0 Å². The lowest BCUT2D eigenvalue weighted by Gasteiger charge is -2.51. The number of ketones is 1. The smallest absolute Gasteiger partial charge is 0.338 e. The zero-order chi connectivity index (χ0) is 29.7. The molecule has 5 rings (SSSR count). The van der Waals surface area contributed by atoms with Crippen molar-refractivity contribution in [1.82, 2.24) is 0 Å². The number of aliphatic hydroxyl groups is 3. The molecule has 3 aliphatic carbocycles. The summed E-state index contributed by atoms with van der Waals surface area (Å²) in [5, 5.41) is 35.7. The van der Waals surface area contributed by atoms with Gasteiger partial charge in [0.15, 0.2) is 5.78 Å². The molecular formula is C33H38O8. The predicted molar refractivity (Wildman–Crippen MR) is 150 cm³/mol. The highest BCUT2D eigenvalue weighted by Crippen LogP contribution is 2.59. The van der Waals surface area contributed by atoms with E-state index in [1.54, 1.807) is 81.4 Å².